The maximum Gasteiger partial charge on any atom is 0.155 e. The molecule has 2 unspecified atom stereocenters. The minimum atomic E-state index is 0.328. The Morgan fingerprint density at radius 3 is 2.62 bits per heavy atom. The van der Waals surface area contributed by atoms with Gasteiger partial charge in [0.25, 0.3) is 0 Å². The molecule has 0 spiro atoms. The first-order valence-corrected chi connectivity index (χ1v) is 8.34. The molecule has 112 valence electrons. The highest BCUT2D eigenvalue weighted by Gasteiger charge is 2.41. The quantitative estimate of drug-likeness (QED) is 0.795. The van der Waals surface area contributed by atoms with E-state index in [0.717, 1.165) is 29.9 Å². The Balaban J connectivity index is 1.80. The zero-order valence-corrected chi connectivity index (χ0v) is 13.3. The second-order valence-corrected chi connectivity index (χ2v) is 7.28. The average molecular weight is 305 g/mol. The van der Waals surface area contributed by atoms with Gasteiger partial charge in [-0.2, -0.15) is 5.10 Å². The molecule has 2 atom stereocenters. The fourth-order valence-electron chi connectivity index (χ4n) is 3.86. The molecule has 0 N–H and O–H groups in total. The van der Waals surface area contributed by atoms with E-state index < -0.39 is 0 Å². The maximum atomic E-state index is 6.40. The Bertz CT molecular complexity index is 651. The van der Waals surface area contributed by atoms with E-state index in [0.29, 0.717) is 23.4 Å². The predicted molar refractivity (Wildman–Crippen MR) is 85.2 cm³/mol. The van der Waals surface area contributed by atoms with E-state index >= 15 is 0 Å². The van der Waals surface area contributed by atoms with Gasteiger partial charge in [-0.3, -0.25) is 0 Å². The van der Waals surface area contributed by atoms with Gasteiger partial charge >= 0.3 is 0 Å². The lowest BCUT2D eigenvalue weighted by Gasteiger charge is -2.38. The zero-order valence-electron chi connectivity index (χ0n) is 12.5. The molecule has 0 aliphatic carbocycles. The molecule has 2 aliphatic rings. The van der Waals surface area contributed by atoms with Crippen LogP contribution in [0.1, 0.15) is 51.1 Å². The normalized spacial score (nSPS) is 28.8. The molecule has 2 aliphatic heterocycles. The molecular weight excluding hydrogens is 284 g/mol. The minimum absolute atomic E-state index is 0.328. The highest BCUT2D eigenvalue weighted by atomic mass is 35.5. The van der Waals surface area contributed by atoms with Crippen LogP contribution in [0.3, 0.4) is 0 Å². The van der Waals surface area contributed by atoms with Crippen molar-refractivity contribution in [3.63, 3.8) is 0 Å². The number of halogens is 1. The molecule has 2 fully saturated rings. The van der Waals surface area contributed by atoms with Gasteiger partial charge in [0.15, 0.2) is 5.82 Å². The second kappa shape index (κ2) is 4.87. The van der Waals surface area contributed by atoms with Crippen LogP contribution in [-0.2, 0) is 0 Å². The van der Waals surface area contributed by atoms with Crippen LogP contribution in [0.2, 0.25) is 0 Å². The van der Waals surface area contributed by atoms with Gasteiger partial charge in [-0.15, -0.1) is 11.6 Å². The topological polar surface area (TPSA) is 33.4 Å². The predicted octanol–water partition coefficient (Wildman–Crippen LogP) is 3.59. The van der Waals surface area contributed by atoms with Crippen LogP contribution < -0.4 is 4.90 Å². The van der Waals surface area contributed by atoms with Gasteiger partial charge in [-0.1, -0.05) is 13.8 Å². The van der Waals surface area contributed by atoms with Crippen molar-refractivity contribution < 1.29 is 0 Å². The van der Waals surface area contributed by atoms with Gasteiger partial charge in [-0.25, -0.2) is 9.50 Å². The summed E-state index contributed by atoms with van der Waals surface area (Å²) in [5.74, 6) is 1.52. The number of alkyl halides is 1. The van der Waals surface area contributed by atoms with Crippen molar-refractivity contribution in [2.75, 3.05) is 4.90 Å². The standard InChI is InChI=1S/C16H21ClN4/c1-10(2)14-9-15-16(18-5-6-20(15)19-14)21-12-3-4-13(21)8-11(17)7-12/h5-6,9-13H,3-4,7-8H2,1-2H3. The van der Waals surface area contributed by atoms with Crippen LogP contribution in [0.25, 0.3) is 5.52 Å². The van der Waals surface area contributed by atoms with E-state index in [9.17, 15) is 0 Å². The molecule has 2 aromatic rings. The number of nitrogens with zero attached hydrogens (tertiary/aromatic N) is 4. The summed E-state index contributed by atoms with van der Waals surface area (Å²) >= 11 is 6.40. The van der Waals surface area contributed by atoms with Crippen LogP contribution in [0.15, 0.2) is 18.5 Å². The minimum Gasteiger partial charge on any atom is -0.349 e. The van der Waals surface area contributed by atoms with Crippen molar-refractivity contribution in [3.8, 4) is 0 Å². The second-order valence-electron chi connectivity index (χ2n) is 6.67. The third-order valence-corrected chi connectivity index (χ3v) is 5.26. The number of rotatable bonds is 2. The Hall–Kier alpha value is -1.29. The highest BCUT2D eigenvalue weighted by molar-refractivity contribution is 6.20. The van der Waals surface area contributed by atoms with Crippen molar-refractivity contribution in [2.45, 2.75) is 62.9 Å². The van der Waals surface area contributed by atoms with Crippen molar-refractivity contribution in [1.29, 1.82) is 0 Å². The van der Waals surface area contributed by atoms with Gasteiger partial charge in [0.1, 0.15) is 5.52 Å². The van der Waals surface area contributed by atoms with Crippen molar-refractivity contribution in [2.24, 2.45) is 0 Å². The van der Waals surface area contributed by atoms with Crippen molar-refractivity contribution in [3.05, 3.63) is 24.2 Å². The molecule has 0 saturated carbocycles. The maximum absolute atomic E-state index is 6.40. The first kappa shape index (κ1) is 13.4. The van der Waals surface area contributed by atoms with Crippen molar-refractivity contribution >= 4 is 22.9 Å². The molecule has 4 rings (SSSR count). The number of hydrogen-bond acceptors (Lipinski definition) is 3. The van der Waals surface area contributed by atoms with Gasteiger partial charge in [0.2, 0.25) is 0 Å². The summed E-state index contributed by atoms with van der Waals surface area (Å²) in [6, 6.07) is 3.28. The van der Waals surface area contributed by atoms with E-state index in [1.54, 1.807) is 0 Å². The Morgan fingerprint density at radius 2 is 1.95 bits per heavy atom. The third kappa shape index (κ3) is 2.11. The SMILES string of the molecule is CC(C)c1cc2c(N3C4CCC3CC(Cl)C4)nccn2n1. The van der Waals surface area contributed by atoms with Gasteiger partial charge in [-0.05, 0) is 37.7 Å². The number of anilines is 1. The van der Waals surface area contributed by atoms with Gasteiger partial charge in [0.05, 0.1) is 5.69 Å². The van der Waals surface area contributed by atoms with Crippen LogP contribution >= 0.6 is 11.6 Å². The van der Waals surface area contributed by atoms with Crippen LogP contribution in [0.5, 0.6) is 0 Å². The third-order valence-electron chi connectivity index (χ3n) is 4.90. The molecule has 2 bridgehead atoms. The lowest BCUT2D eigenvalue weighted by atomic mass is 10.0. The summed E-state index contributed by atoms with van der Waals surface area (Å²) in [7, 11) is 0. The lowest BCUT2D eigenvalue weighted by molar-refractivity contribution is 0.471. The smallest absolute Gasteiger partial charge is 0.155 e. The fraction of sp³-hybridized carbons (Fsp3) is 0.625. The molecule has 0 aromatic carbocycles. The summed E-state index contributed by atoms with van der Waals surface area (Å²) in [6.07, 6.45) is 8.44. The number of aromatic nitrogens is 3. The van der Waals surface area contributed by atoms with E-state index in [-0.39, 0.29) is 0 Å². The van der Waals surface area contributed by atoms with Crippen LogP contribution in [0.4, 0.5) is 5.82 Å². The van der Waals surface area contributed by atoms with Crippen LogP contribution in [0, 0.1) is 0 Å². The number of piperidine rings is 1. The lowest BCUT2D eigenvalue weighted by Crippen LogP contribution is -2.44. The number of fused-ring (bicyclic) bond motifs is 3. The Morgan fingerprint density at radius 1 is 1.24 bits per heavy atom. The Labute approximate surface area is 130 Å². The molecule has 5 heteroatoms. The summed E-state index contributed by atoms with van der Waals surface area (Å²) in [5.41, 5.74) is 2.26. The summed E-state index contributed by atoms with van der Waals surface area (Å²) in [5, 5.41) is 5.01. The molecule has 0 amide bonds. The van der Waals surface area contributed by atoms with Gasteiger partial charge in [0, 0.05) is 29.9 Å². The summed E-state index contributed by atoms with van der Waals surface area (Å²) in [4.78, 5) is 7.20. The molecule has 4 heterocycles. The first-order chi connectivity index (χ1) is 10.1. The van der Waals surface area contributed by atoms with E-state index in [4.69, 9.17) is 16.6 Å². The molecule has 2 saturated heterocycles. The molecule has 21 heavy (non-hydrogen) atoms. The summed E-state index contributed by atoms with van der Waals surface area (Å²) in [6.45, 7) is 4.36. The molecule has 0 radical (unpaired) electrons. The van der Waals surface area contributed by atoms with Gasteiger partial charge < -0.3 is 4.90 Å². The zero-order chi connectivity index (χ0) is 14.6. The molecule has 2 aromatic heterocycles. The fourth-order valence-corrected chi connectivity index (χ4v) is 4.28. The summed E-state index contributed by atoms with van der Waals surface area (Å²) < 4.78 is 1.98. The largest absolute Gasteiger partial charge is 0.349 e. The first-order valence-electron chi connectivity index (χ1n) is 7.90. The van der Waals surface area contributed by atoms with Crippen LogP contribution in [-0.4, -0.2) is 32.1 Å². The average Bonchev–Trinajstić information content (AvgIpc) is 2.98. The highest BCUT2D eigenvalue weighted by Crippen LogP contribution is 2.41. The monoisotopic (exact) mass is 304 g/mol. The van der Waals surface area contributed by atoms with Crippen molar-refractivity contribution in [1.82, 2.24) is 14.6 Å². The Kier molecular flexibility index (Phi) is 3.10. The molecule has 4 nitrogen and oxygen atoms in total. The molecular formula is C16H21ClN4. The number of hydrogen-bond donors (Lipinski definition) is 0. The van der Waals surface area contributed by atoms with E-state index in [1.807, 2.05) is 16.9 Å². The van der Waals surface area contributed by atoms with E-state index in [1.165, 1.54) is 12.8 Å². The van der Waals surface area contributed by atoms with E-state index in [2.05, 4.69) is 29.9 Å².